The number of anilines is 1. The zero-order valence-electron chi connectivity index (χ0n) is 42.9. The Balaban J connectivity index is 1.33. The van der Waals surface area contributed by atoms with E-state index in [4.69, 9.17) is 24.7 Å². The maximum Gasteiger partial charge on any atom is 0.509 e. The predicted molar refractivity (Wildman–Crippen MR) is 269 cm³/mol. The largest absolute Gasteiger partial charge is 0.509 e. The lowest BCUT2D eigenvalue weighted by Gasteiger charge is -2.38. The standard InChI is InChI=1S/C54H73N7O12/c1-7-31-70-50(67)54(27-14-28-54)49(66)59-42(16-10-8-9-11-17-44(56)62)46(63)58-40-24-22-39(23-25-40)45(48(65)60-29-13-12-15-35(2)26-30-60)72-52(69)71-41-32-43(61(34-41)51(68)73-53(4,5)6)47(64)57-36(3)38-20-18-37(33-55)19-21-38/h7,18-25,35-36,41-43,45H,1,8-17,26-32,34H2,2-6H3,(H2,56,62)(H,57,64)(H,58,63)(H,59,66)/t35?,36-,41+,42-,43-,45?/m0/s1. The molecule has 19 heteroatoms. The third-order valence-corrected chi connectivity index (χ3v) is 13.5. The van der Waals surface area contributed by atoms with E-state index in [1.165, 1.54) is 23.1 Å². The first kappa shape index (κ1) is 56.9. The first-order chi connectivity index (χ1) is 34.7. The lowest BCUT2D eigenvalue weighted by molar-refractivity contribution is -0.167. The molecule has 3 fully saturated rings. The second-order valence-electron chi connectivity index (χ2n) is 20.4. The summed E-state index contributed by atoms with van der Waals surface area (Å²) >= 11 is 0. The predicted octanol–water partition coefficient (Wildman–Crippen LogP) is 7.20. The minimum absolute atomic E-state index is 0.0618. The van der Waals surface area contributed by atoms with Crippen LogP contribution in [-0.4, -0.2) is 108 Å². The summed E-state index contributed by atoms with van der Waals surface area (Å²) in [5.41, 5.74) is 4.72. The van der Waals surface area contributed by atoms with E-state index in [9.17, 15) is 43.6 Å². The third-order valence-electron chi connectivity index (χ3n) is 13.5. The highest BCUT2D eigenvalue weighted by Crippen LogP contribution is 2.42. The molecule has 2 aromatic carbocycles. The molecule has 5 rings (SSSR count). The van der Waals surface area contributed by atoms with E-state index < -0.39 is 89.1 Å². The van der Waals surface area contributed by atoms with Crippen LogP contribution in [0.25, 0.3) is 0 Å². The lowest BCUT2D eigenvalue weighted by Crippen LogP contribution is -2.56. The third kappa shape index (κ3) is 16.5. The molecule has 396 valence electrons. The van der Waals surface area contributed by atoms with Gasteiger partial charge in [-0.3, -0.25) is 33.7 Å². The Labute approximate surface area is 428 Å². The van der Waals surface area contributed by atoms with E-state index in [1.54, 1.807) is 69.0 Å². The fraction of sp³-hybridized carbons (Fsp3) is 0.574. The van der Waals surface area contributed by atoms with Gasteiger partial charge in [0.05, 0.1) is 24.2 Å². The minimum Gasteiger partial charge on any atom is -0.461 e. The summed E-state index contributed by atoms with van der Waals surface area (Å²) in [6.07, 6.45) is 4.31. The van der Waals surface area contributed by atoms with Gasteiger partial charge in [-0.1, -0.05) is 82.4 Å². The van der Waals surface area contributed by atoms with Crippen molar-refractivity contribution in [2.75, 3.05) is 31.6 Å². The summed E-state index contributed by atoms with van der Waals surface area (Å²) in [7, 11) is 0. The molecule has 1 aliphatic carbocycles. The molecular weight excluding hydrogens is 939 g/mol. The minimum atomic E-state index is -1.48. The zero-order chi connectivity index (χ0) is 53.3. The van der Waals surface area contributed by atoms with Gasteiger partial charge in [0, 0.05) is 37.2 Å². The van der Waals surface area contributed by atoms with Gasteiger partial charge in [-0.15, -0.1) is 0 Å². The first-order valence-corrected chi connectivity index (χ1v) is 25.5. The molecule has 2 aromatic rings. The number of carbonyl (C=O) groups excluding carboxylic acids is 8. The zero-order valence-corrected chi connectivity index (χ0v) is 42.9. The molecule has 3 aliphatic rings. The van der Waals surface area contributed by atoms with Crippen molar-refractivity contribution in [2.45, 2.75) is 160 Å². The maximum absolute atomic E-state index is 14.5. The molecule has 0 aromatic heterocycles. The topological polar surface area (TPSA) is 266 Å². The summed E-state index contributed by atoms with van der Waals surface area (Å²) in [4.78, 5) is 111. The van der Waals surface area contributed by atoms with Gasteiger partial charge in [0.1, 0.15) is 35.8 Å². The Bertz CT molecular complexity index is 2320. The van der Waals surface area contributed by atoms with E-state index >= 15 is 0 Å². The number of primary amides is 1. The van der Waals surface area contributed by atoms with Crippen LogP contribution in [0.15, 0.2) is 61.2 Å². The number of benzene rings is 2. The van der Waals surface area contributed by atoms with Gasteiger partial charge >= 0.3 is 18.2 Å². The highest BCUT2D eigenvalue weighted by atomic mass is 16.7. The van der Waals surface area contributed by atoms with E-state index in [1.807, 2.05) is 0 Å². The van der Waals surface area contributed by atoms with Crippen LogP contribution in [0.3, 0.4) is 0 Å². The Morgan fingerprint density at radius 1 is 0.904 bits per heavy atom. The molecule has 6 atom stereocenters. The molecule has 0 spiro atoms. The number of rotatable bonds is 21. The van der Waals surface area contributed by atoms with Crippen molar-refractivity contribution in [3.8, 4) is 6.07 Å². The quantitative estimate of drug-likeness (QED) is 0.0317. The average Bonchev–Trinajstić information content (AvgIpc) is 3.75. The number of likely N-dealkylation sites (tertiary alicyclic amines) is 2. The van der Waals surface area contributed by atoms with E-state index in [-0.39, 0.29) is 50.8 Å². The van der Waals surface area contributed by atoms with Crippen molar-refractivity contribution < 1.29 is 57.3 Å². The summed E-state index contributed by atoms with van der Waals surface area (Å²) in [5.74, 6) is -2.87. The normalized spacial score (nSPS) is 19.6. The number of nitriles is 1. The van der Waals surface area contributed by atoms with Crippen molar-refractivity contribution >= 4 is 53.4 Å². The summed E-state index contributed by atoms with van der Waals surface area (Å²) < 4.78 is 22.6. The van der Waals surface area contributed by atoms with Crippen LogP contribution >= 0.6 is 0 Å². The van der Waals surface area contributed by atoms with Gasteiger partial charge in [-0.25, -0.2) is 9.59 Å². The van der Waals surface area contributed by atoms with Gasteiger partial charge in [0.15, 0.2) is 0 Å². The molecule has 2 heterocycles. The number of esters is 1. The highest BCUT2D eigenvalue weighted by molar-refractivity contribution is 6.06. The average molecular weight is 1010 g/mol. The Kier molecular flexibility index (Phi) is 20.8. The van der Waals surface area contributed by atoms with Crippen LogP contribution < -0.4 is 21.7 Å². The molecule has 5 N–H and O–H groups in total. The molecule has 2 unspecified atom stereocenters. The number of nitrogens with zero attached hydrogens (tertiary/aromatic N) is 3. The van der Waals surface area contributed by atoms with Crippen LogP contribution in [0, 0.1) is 22.7 Å². The van der Waals surface area contributed by atoms with E-state index in [2.05, 4.69) is 35.5 Å². The highest BCUT2D eigenvalue weighted by Gasteiger charge is 2.53. The van der Waals surface area contributed by atoms with Crippen molar-refractivity contribution in [3.63, 3.8) is 0 Å². The Morgan fingerprint density at radius 3 is 2.22 bits per heavy atom. The van der Waals surface area contributed by atoms with Crippen LogP contribution in [0.2, 0.25) is 0 Å². The molecule has 0 radical (unpaired) electrons. The molecule has 6 amide bonds. The van der Waals surface area contributed by atoms with Gasteiger partial charge in [-0.05, 0) is 102 Å². The smallest absolute Gasteiger partial charge is 0.461 e. The van der Waals surface area contributed by atoms with Gasteiger partial charge < -0.3 is 45.5 Å². The van der Waals surface area contributed by atoms with Crippen molar-refractivity contribution in [1.29, 1.82) is 5.26 Å². The molecule has 1 saturated carbocycles. The summed E-state index contributed by atoms with van der Waals surface area (Å²) in [6, 6.07) is 12.3. The Hall–Kier alpha value is -6.97. The molecule has 19 nitrogen and oxygen atoms in total. The fourth-order valence-electron chi connectivity index (χ4n) is 9.09. The van der Waals surface area contributed by atoms with E-state index in [0.29, 0.717) is 62.4 Å². The molecule has 0 bridgehead atoms. The van der Waals surface area contributed by atoms with Gasteiger partial charge in [0.2, 0.25) is 29.7 Å². The number of carbonyl (C=O) groups is 8. The maximum atomic E-state index is 14.5. The van der Waals surface area contributed by atoms with Gasteiger partial charge in [0.25, 0.3) is 5.91 Å². The van der Waals surface area contributed by atoms with Gasteiger partial charge in [-0.2, -0.15) is 5.26 Å². The summed E-state index contributed by atoms with van der Waals surface area (Å²) in [5, 5.41) is 17.8. The molecular formula is C54H73N7O12. The lowest BCUT2D eigenvalue weighted by atomic mass is 9.68. The van der Waals surface area contributed by atoms with Crippen LogP contribution in [-0.2, 0) is 47.7 Å². The second kappa shape index (κ2) is 26.6. The van der Waals surface area contributed by atoms with E-state index in [0.717, 1.165) is 31.2 Å². The Morgan fingerprint density at radius 2 is 1.59 bits per heavy atom. The second-order valence-corrected chi connectivity index (χ2v) is 20.4. The van der Waals surface area contributed by atoms with Crippen LogP contribution in [0.4, 0.5) is 15.3 Å². The number of hydrogen-bond acceptors (Lipinski definition) is 13. The number of ether oxygens (including phenoxy) is 4. The summed E-state index contributed by atoms with van der Waals surface area (Å²) in [6.45, 7) is 13.1. The van der Waals surface area contributed by atoms with Crippen molar-refractivity contribution in [2.24, 2.45) is 17.1 Å². The van der Waals surface area contributed by atoms with Crippen LogP contribution in [0.1, 0.15) is 153 Å². The molecule has 73 heavy (non-hydrogen) atoms. The fourth-order valence-corrected chi connectivity index (χ4v) is 9.09. The van der Waals surface area contributed by atoms with Crippen molar-refractivity contribution in [1.82, 2.24) is 20.4 Å². The SMILES string of the molecule is C=CCOC(=O)C1(C(=O)N[C@@H](CCCCCCC(N)=O)C(=O)Nc2ccc(C(OC(=O)O[C@@H]3C[C@@H](C(=O)N[C@@H](C)c4ccc(C#N)cc4)N(C(=O)OC(C)(C)C)C3)C(=O)N3CCCCC(C)CC3)cc2)CCC1. The number of nitrogens with one attached hydrogen (secondary N) is 3. The molecule has 2 saturated heterocycles. The van der Waals surface area contributed by atoms with Crippen molar-refractivity contribution in [3.05, 3.63) is 77.9 Å². The number of unbranched alkanes of at least 4 members (excludes halogenated alkanes) is 3. The monoisotopic (exact) mass is 1010 g/mol. The van der Waals surface area contributed by atoms with Crippen LogP contribution in [0.5, 0.6) is 0 Å². The number of nitrogens with two attached hydrogens (primary N) is 1. The number of amides is 6. The first-order valence-electron chi connectivity index (χ1n) is 25.5. The number of hydrogen-bond donors (Lipinski definition) is 4. The molecule has 2 aliphatic heterocycles.